The Morgan fingerprint density at radius 3 is 2.57 bits per heavy atom. The zero-order valence-corrected chi connectivity index (χ0v) is 16.1. The minimum atomic E-state index is -0.349. The molecule has 1 aliphatic heterocycles. The van der Waals surface area contributed by atoms with E-state index in [0.717, 1.165) is 21.7 Å². The monoisotopic (exact) mass is 393 g/mol. The molecule has 4 N–H and O–H groups in total. The van der Waals surface area contributed by atoms with Gasteiger partial charge < -0.3 is 20.5 Å². The predicted molar refractivity (Wildman–Crippen MR) is 109 cm³/mol. The number of hydrogen-bond donors (Lipinski definition) is 3. The minimum absolute atomic E-state index is 0.0372. The lowest BCUT2D eigenvalue weighted by Gasteiger charge is -2.29. The van der Waals surface area contributed by atoms with E-state index >= 15 is 0 Å². The molecule has 2 unspecified atom stereocenters. The fourth-order valence-electron chi connectivity index (χ4n) is 3.39. The number of nitrogens with two attached hydrogens (primary N) is 1. The first kappa shape index (κ1) is 18.3. The number of hydrogen-bond acceptors (Lipinski definition) is 5. The van der Waals surface area contributed by atoms with E-state index in [0.29, 0.717) is 5.56 Å². The molecule has 0 saturated heterocycles. The topological polar surface area (TPSA) is 75.2 Å². The third-order valence-electron chi connectivity index (χ3n) is 4.83. The third kappa shape index (κ3) is 3.65. The molecule has 6 heteroatoms. The number of methoxy groups -OCH3 is 1. The Morgan fingerprint density at radius 2 is 1.89 bits per heavy atom. The van der Waals surface area contributed by atoms with Gasteiger partial charge in [0.2, 0.25) is 0 Å². The van der Waals surface area contributed by atoms with Gasteiger partial charge in [0.25, 0.3) is 0 Å². The van der Waals surface area contributed by atoms with Crippen LogP contribution >= 0.6 is 11.3 Å². The number of quaternary nitrogens is 1. The number of aromatic hydroxyl groups is 1. The number of benzene rings is 2. The predicted octanol–water partition coefficient (Wildman–Crippen LogP) is 3.19. The summed E-state index contributed by atoms with van der Waals surface area (Å²) in [7, 11) is 1.38. The normalized spacial score (nSPS) is 18.8. The molecule has 2 atom stereocenters. The van der Waals surface area contributed by atoms with Crippen LogP contribution < -0.4 is 10.6 Å². The van der Waals surface area contributed by atoms with Crippen molar-refractivity contribution in [1.29, 1.82) is 0 Å². The molecule has 4 rings (SSSR count). The van der Waals surface area contributed by atoms with Crippen molar-refractivity contribution in [3.05, 3.63) is 93.7 Å². The number of thiophene rings is 1. The Labute approximate surface area is 167 Å². The van der Waals surface area contributed by atoms with Crippen molar-refractivity contribution >= 4 is 23.0 Å². The Bertz CT molecular complexity index is 997. The molecule has 0 bridgehead atoms. The van der Waals surface area contributed by atoms with Gasteiger partial charge in [0, 0.05) is 11.6 Å². The summed E-state index contributed by atoms with van der Waals surface area (Å²) in [5.41, 5.74) is 3.46. The zero-order valence-electron chi connectivity index (χ0n) is 15.3. The van der Waals surface area contributed by atoms with Crippen LogP contribution in [0.15, 0.2) is 72.1 Å². The number of para-hydroxylation sites is 1. The van der Waals surface area contributed by atoms with Crippen LogP contribution in [0.4, 0.5) is 0 Å². The maximum absolute atomic E-state index is 11.7. The van der Waals surface area contributed by atoms with Crippen molar-refractivity contribution in [3.63, 3.8) is 0 Å². The van der Waals surface area contributed by atoms with Crippen molar-refractivity contribution in [3.8, 4) is 5.75 Å². The molecule has 142 valence electrons. The van der Waals surface area contributed by atoms with E-state index in [1.807, 2.05) is 41.8 Å². The summed E-state index contributed by atoms with van der Waals surface area (Å²) in [5, 5.41) is 18.1. The Morgan fingerprint density at radius 1 is 1.11 bits per heavy atom. The van der Waals surface area contributed by atoms with Crippen LogP contribution in [-0.4, -0.2) is 18.2 Å². The van der Waals surface area contributed by atoms with Crippen molar-refractivity contribution in [2.24, 2.45) is 0 Å². The van der Waals surface area contributed by atoms with Crippen LogP contribution in [0.1, 0.15) is 38.6 Å². The van der Waals surface area contributed by atoms with E-state index in [1.165, 1.54) is 7.11 Å². The molecule has 2 aromatic carbocycles. The summed E-state index contributed by atoms with van der Waals surface area (Å²) in [4.78, 5) is 12.8. The minimum Gasteiger partial charge on any atom is -0.507 e. The summed E-state index contributed by atoms with van der Waals surface area (Å²) in [6, 6.07) is 18.9. The van der Waals surface area contributed by atoms with Gasteiger partial charge in [-0.05, 0) is 35.7 Å². The number of ether oxygens (including phenoxy) is 1. The van der Waals surface area contributed by atoms with Gasteiger partial charge in [-0.1, -0.05) is 30.3 Å². The first-order chi connectivity index (χ1) is 13.7. The van der Waals surface area contributed by atoms with E-state index in [2.05, 4.69) is 22.8 Å². The lowest BCUT2D eigenvalue weighted by Crippen LogP contribution is -2.89. The lowest BCUT2D eigenvalue weighted by atomic mass is 9.99. The number of nitrogens with one attached hydrogen (secondary N) is 1. The SMILES string of the molecule is COC(=O)c1ccc(C2NC(c3cccs3)=CC(c3ccccc3O)[NH2+]2)cc1. The van der Waals surface area contributed by atoms with Gasteiger partial charge in [0.1, 0.15) is 11.8 Å². The van der Waals surface area contributed by atoms with E-state index in [4.69, 9.17) is 4.74 Å². The number of phenols is 1. The van der Waals surface area contributed by atoms with Crippen molar-refractivity contribution in [2.75, 3.05) is 7.11 Å². The summed E-state index contributed by atoms with van der Waals surface area (Å²) in [6.07, 6.45) is 2.08. The molecular weight excluding hydrogens is 372 g/mol. The van der Waals surface area contributed by atoms with Gasteiger partial charge in [0.15, 0.2) is 6.17 Å². The number of phenolic OH excluding ortho intramolecular Hbond substituents is 1. The molecule has 1 aliphatic rings. The molecular formula is C22H21N2O3S+. The second-order valence-corrected chi connectivity index (χ2v) is 7.52. The Balaban J connectivity index is 1.68. The van der Waals surface area contributed by atoms with E-state index in [-0.39, 0.29) is 23.9 Å². The van der Waals surface area contributed by atoms with Crippen molar-refractivity contribution in [1.82, 2.24) is 5.32 Å². The number of esters is 1. The molecule has 0 spiro atoms. The third-order valence-corrected chi connectivity index (χ3v) is 5.73. The van der Waals surface area contributed by atoms with E-state index < -0.39 is 0 Å². The molecule has 3 aromatic rings. The van der Waals surface area contributed by atoms with Crippen LogP contribution in [0.5, 0.6) is 5.75 Å². The summed E-state index contributed by atoms with van der Waals surface area (Å²) < 4.78 is 4.78. The zero-order chi connectivity index (χ0) is 19.5. The van der Waals surface area contributed by atoms with Crippen LogP contribution in [0.2, 0.25) is 0 Å². The highest BCUT2D eigenvalue weighted by Gasteiger charge is 2.29. The number of rotatable bonds is 4. The summed E-state index contributed by atoms with van der Waals surface area (Å²) >= 11 is 1.67. The lowest BCUT2D eigenvalue weighted by molar-refractivity contribution is -0.731. The maximum atomic E-state index is 11.7. The van der Waals surface area contributed by atoms with Crippen molar-refractivity contribution in [2.45, 2.75) is 12.2 Å². The molecule has 0 fully saturated rings. The Hall–Kier alpha value is -3.09. The molecule has 0 aliphatic carbocycles. The highest BCUT2D eigenvalue weighted by molar-refractivity contribution is 7.11. The molecule has 0 saturated carbocycles. The van der Waals surface area contributed by atoms with Gasteiger partial charge in [-0.3, -0.25) is 0 Å². The molecule has 28 heavy (non-hydrogen) atoms. The molecule has 0 amide bonds. The van der Waals surface area contributed by atoms with E-state index in [1.54, 1.807) is 29.5 Å². The fourth-order valence-corrected chi connectivity index (χ4v) is 4.11. The standard InChI is InChI=1S/C22H20N2O3S/c1-27-22(26)15-10-8-14(9-11-15)21-23-17(16-5-2-3-6-19(16)25)13-18(24-21)20-7-4-12-28-20/h2-13,17,21,23-25H,1H3/p+1. The van der Waals surface area contributed by atoms with Gasteiger partial charge in [0.05, 0.1) is 28.8 Å². The number of carbonyl (C=O) groups excluding carboxylic acids is 1. The summed E-state index contributed by atoms with van der Waals surface area (Å²) in [5.74, 6) is -0.0643. The summed E-state index contributed by atoms with van der Waals surface area (Å²) in [6.45, 7) is 0. The van der Waals surface area contributed by atoms with Crippen molar-refractivity contribution < 1.29 is 20.0 Å². The van der Waals surface area contributed by atoms with Gasteiger partial charge in [-0.2, -0.15) is 0 Å². The second kappa shape index (κ2) is 7.88. The van der Waals surface area contributed by atoms with Gasteiger partial charge >= 0.3 is 5.97 Å². The van der Waals surface area contributed by atoms with Crippen LogP contribution in [0.25, 0.3) is 5.70 Å². The smallest absolute Gasteiger partial charge is 0.337 e. The maximum Gasteiger partial charge on any atom is 0.337 e. The number of carbonyl (C=O) groups is 1. The fraction of sp³-hybridized carbons (Fsp3) is 0.136. The molecule has 0 radical (unpaired) electrons. The average Bonchev–Trinajstić information content (AvgIpc) is 3.28. The highest BCUT2D eigenvalue weighted by atomic mass is 32.1. The Kier molecular flexibility index (Phi) is 5.14. The van der Waals surface area contributed by atoms with Gasteiger partial charge in [-0.15, -0.1) is 11.3 Å². The quantitative estimate of drug-likeness (QED) is 0.595. The van der Waals surface area contributed by atoms with Crippen LogP contribution in [0.3, 0.4) is 0 Å². The highest BCUT2D eigenvalue weighted by Crippen LogP contribution is 2.30. The first-order valence-electron chi connectivity index (χ1n) is 8.99. The molecule has 5 nitrogen and oxygen atoms in total. The largest absolute Gasteiger partial charge is 0.507 e. The van der Waals surface area contributed by atoms with E-state index in [9.17, 15) is 9.90 Å². The van der Waals surface area contributed by atoms with Crippen LogP contribution in [0, 0.1) is 0 Å². The average molecular weight is 393 g/mol. The first-order valence-corrected chi connectivity index (χ1v) is 9.87. The molecule has 1 aromatic heterocycles. The molecule has 2 heterocycles. The van der Waals surface area contributed by atoms with Gasteiger partial charge in [-0.25, -0.2) is 4.79 Å². The second-order valence-electron chi connectivity index (χ2n) is 6.57. The van der Waals surface area contributed by atoms with Crippen LogP contribution in [-0.2, 0) is 4.74 Å².